The maximum absolute atomic E-state index is 12.5. The fourth-order valence-corrected chi connectivity index (χ4v) is 2.68. The quantitative estimate of drug-likeness (QED) is 0.586. The number of carbonyl (C=O) groups excluding carboxylic acids is 1. The fourth-order valence-electron chi connectivity index (χ4n) is 2.68. The van der Waals surface area contributed by atoms with Gasteiger partial charge < -0.3 is 10.3 Å². The molecule has 26 heavy (non-hydrogen) atoms. The maximum atomic E-state index is 12.5. The number of aromatic nitrogens is 5. The zero-order valence-corrected chi connectivity index (χ0v) is 13.6. The molecule has 3 heterocycles. The van der Waals surface area contributed by atoms with E-state index in [2.05, 4.69) is 25.4 Å². The molecule has 0 spiro atoms. The number of carbonyl (C=O) groups is 1. The maximum Gasteiger partial charge on any atom is 0.261 e. The van der Waals surface area contributed by atoms with Gasteiger partial charge in [0.25, 0.3) is 5.56 Å². The van der Waals surface area contributed by atoms with Gasteiger partial charge >= 0.3 is 0 Å². The number of benzene rings is 1. The predicted octanol–water partition coefficient (Wildman–Crippen LogP) is 1.82. The number of amides is 1. The highest BCUT2D eigenvalue weighted by Gasteiger charge is 2.13. The molecule has 0 saturated heterocycles. The molecule has 128 valence electrons. The Labute approximate surface area is 147 Å². The number of aromatic amines is 1. The van der Waals surface area contributed by atoms with Crippen LogP contribution in [0.5, 0.6) is 0 Å². The number of nitrogens with one attached hydrogen (secondary N) is 2. The zero-order valence-electron chi connectivity index (χ0n) is 13.6. The molecule has 0 atom stereocenters. The predicted molar refractivity (Wildman–Crippen MR) is 96.5 cm³/mol. The largest absolute Gasteiger partial charge is 0.312 e. The minimum Gasteiger partial charge on any atom is -0.312 e. The van der Waals surface area contributed by atoms with E-state index in [1.807, 2.05) is 42.5 Å². The lowest BCUT2D eigenvalue weighted by Gasteiger charge is -2.10. The van der Waals surface area contributed by atoms with Gasteiger partial charge in [-0.2, -0.15) is 5.10 Å². The summed E-state index contributed by atoms with van der Waals surface area (Å²) < 4.78 is 1.38. The molecule has 1 aromatic carbocycles. The van der Waals surface area contributed by atoms with E-state index in [1.165, 1.54) is 17.2 Å². The van der Waals surface area contributed by atoms with Gasteiger partial charge in [0.2, 0.25) is 5.91 Å². The normalized spacial score (nSPS) is 10.8. The number of fused-ring (bicyclic) bond motifs is 1. The average Bonchev–Trinajstić information content (AvgIpc) is 3.07. The molecular weight excluding hydrogens is 332 g/mol. The zero-order chi connectivity index (χ0) is 17.9. The van der Waals surface area contributed by atoms with Gasteiger partial charge in [0.05, 0.1) is 12.5 Å². The van der Waals surface area contributed by atoms with Crippen molar-refractivity contribution in [3.8, 4) is 11.1 Å². The lowest BCUT2D eigenvalue weighted by atomic mass is 10.1. The van der Waals surface area contributed by atoms with Crippen molar-refractivity contribution in [1.82, 2.24) is 24.7 Å². The molecule has 4 aromatic rings. The second-order valence-electron chi connectivity index (χ2n) is 5.58. The van der Waals surface area contributed by atoms with Gasteiger partial charge in [-0.25, -0.2) is 14.6 Å². The van der Waals surface area contributed by atoms with Crippen molar-refractivity contribution in [2.24, 2.45) is 0 Å². The van der Waals surface area contributed by atoms with Crippen LogP contribution < -0.4 is 10.9 Å². The van der Waals surface area contributed by atoms with Gasteiger partial charge in [-0.15, -0.1) is 0 Å². The minimum atomic E-state index is -0.312. The first-order valence-corrected chi connectivity index (χ1v) is 7.92. The van der Waals surface area contributed by atoms with Gasteiger partial charge in [0.1, 0.15) is 17.7 Å². The third kappa shape index (κ3) is 2.95. The molecule has 1 amide bonds. The average molecular weight is 346 g/mol. The van der Waals surface area contributed by atoms with Crippen molar-refractivity contribution in [2.75, 3.05) is 5.32 Å². The van der Waals surface area contributed by atoms with Crippen LogP contribution in [0.2, 0.25) is 0 Å². The minimum absolute atomic E-state index is 0.0786. The van der Waals surface area contributed by atoms with Crippen LogP contribution in [0.15, 0.2) is 66.0 Å². The van der Waals surface area contributed by atoms with Crippen molar-refractivity contribution in [1.29, 1.82) is 0 Å². The third-order valence-electron chi connectivity index (χ3n) is 3.88. The number of hydrogen-bond donors (Lipinski definition) is 2. The van der Waals surface area contributed by atoms with Crippen LogP contribution >= 0.6 is 0 Å². The highest BCUT2D eigenvalue weighted by Crippen LogP contribution is 2.25. The highest BCUT2D eigenvalue weighted by molar-refractivity contribution is 5.94. The summed E-state index contributed by atoms with van der Waals surface area (Å²) in [6.07, 6.45) is 4.30. The van der Waals surface area contributed by atoms with Crippen LogP contribution in [0.3, 0.4) is 0 Å². The van der Waals surface area contributed by atoms with Crippen LogP contribution in [0.1, 0.15) is 0 Å². The Morgan fingerprint density at radius 1 is 1.12 bits per heavy atom. The van der Waals surface area contributed by atoms with Gasteiger partial charge in [0.15, 0.2) is 5.65 Å². The molecule has 0 aliphatic heterocycles. The number of anilines is 1. The molecule has 3 aromatic heterocycles. The van der Waals surface area contributed by atoms with Crippen molar-refractivity contribution in [3.63, 3.8) is 0 Å². The van der Waals surface area contributed by atoms with Gasteiger partial charge in [-0.05, 0) is 17.7 Å². The first-order valence-electron chi connectivity index (χ1n) is 7.92. The molecule has 0 aliphatic carbocycles. The molecule has 0 radical (unpaired) electrons. The summed E-state index contributed by atoms with van der Waals surface area (Å²) >= 11 is 0. The van der Waals surface area contributed by atoms with E-state index in [0.29, 0.717) is 16.9 Å². The summed E-state index contributed by atoms with van der Waals surface area (Å²) in [5.41, 5.74) is 1.83. The Morgan fingerprint density at radius 3 is 2.81 bits per heavy atom. The first-order chi connectivity index (χ1) is 12.7. The Balaban J connectivity index is 1.59. The SMILES string of the molecule is O=C(Cn1ncc2c(=O)[nH]cnc21)Nc1ncccc1-c1ccccc1. The van der Waals surface area contributed by atoms with E-state index in [4.69, 9.17) is 0 Å². The van der Waals surface area contributed by atoms with E-state index < -0.39 is 0 Å². The molecule has 0 unspecified atom stereocenters. The van der Waals surface area contributed by atoms with Crippen LogP contribution in [0.25, 0.3) is 22.2 Å². The molecule has 0 aliphatic rings. The van der Waals surface area contributed by atoms with Crippen molar-refractivity contribution >= 4 is 22.8 Å². The molecule has 0 saturated carbocycles. The Hall–Kier alpha value is -3.81. The summed E-state index contributed by atoms with van der Waals surface area (Å²) in [5, 5.41) is 7.21. The van der Waals surface area contributed by atoms with Crippen LogP contribution in [-0.2, 0) is 11.3 Å². The van der Waals surface area contributed by atoms with E-state index in [9.17, 15) is 9.59 Å². The molecular formula is C18H14N6O2. The second-order valence-corrected chi connectivity index (χ2v) is 5.58. The van der Waals surface area contributed by atoms with E-state index >= 15 is 0 Å². The van der Waals surface area contributed by atoms with Gasteiger partial charge in [0, 0.05) is 11.8 Å². The molecule has 4 rings (SSSR count). The first kappa shape index (κ1) is 15.7. The van der Waals surface area contributed by atoms with Gasteiger partial charge in [-0.1, -0.05) is 30.3 Å². The summed E-state index contributed by atoms with van der Waals surface area (Å²) in [4.78, 5) is 35.0. The number of nitrogens with zero attached hydrogens (tertiary/aromatic N) is 4. The molecule has 8 heteroatoms. The molecule has 2 N–H and O–H groups in total. The summed E-state index contributed by atoms with van der Waals surface area (Å²) in [5.74, 6) is 0.152. The number of hydrogen-bond acceptors (Lipinski definition) is 5. The van der Waals surface area contributed by atoms with Crippen LogP contribution in [-0.4, -0.2) is 30.6 Å². The topological polar surface area (TPSA) is 106 Å². The second kappa shape index (κ2) is 6.60. The highest BCUT2D eigenvalue weighted by atomic mass is 16.2. The lowest BCUT2D eigenvalue weighted by Crippen LogP contribution is -2.21. The van der Waals surface area contributed by atoms with Crippen molar-refractivity contribution in [2.45, 2.75) is 6.54 Å². The number of pyridine rings is 1. The van der Waals surface area contributed by atoms with Crippen molar-refractivity contribution in [3.05, 3.63) is 71.5 Å². The summed E-state index contributed by atoms with van der Waals surface area (Å²) in [6, 6.07) is 13.4. The fraction of sp³-hybridized carbons (Fsp3) is 0.0556. The van der Waals surface area contributed by atoms with E-state index in [0.717, 1.165) is 11.1 Å². The summed E-state index contributed by atoms with van der Waals surface area (Å²) in [6.45, 7) is -0.0786. The lowest BCUT2D eigenvalue weighted by molar-refractivity contribution is -0.116. The number of H-pyrrole nitrogens is 1. The Morgan fingerprint density at radius 2 is 1.96 bits per heavy atom. The number of rotatable bonds is 4. The molecule has 0 fully saturated rings. The molecule has 8 nitrogen and oxygen atoms in total. The van der Waals surface area contributed by atoms with Gasteiger partial charge in [-0.3, -0.25) is 9.59 Å². The van der Waals surface area contributed by atoms with E-state index in [1.54, 1.807) is 6.20 Å². The Kier molecular flexibility index (Phi) is 3.98. The van der Waals surface area contributed by atoms with Crippen molar-refractivity contribution < 1.29 is 4.79 Å². The molecule has 0 bridgehead atoms. The van der Waals surface area contributed by atoms with E-state index in [-0.39, 0.29) is 18.0 Å². The van der Waals surface area contributed by atoms with Crippen LogP contribution in [0.4, 0.5) is 5.82 Å². The third-order valence-corrected chi connectivity index (χ3v) is 3.88. The van der Waals surface area contributed by atoms with Crippen LogP contribution in [0, 0.1) is 0 Å². The monoisotopic (exact) mass is 346 g/mol. The summed E-state index contributed by atoms with van der Waals surface area (Å²) in [7, 11) is 0. The standard InChI is InChI=1S/C18H14N6O2/c25-15(10-24-17-14(9-22-24)18(26)21-11-20-17)23-16-13(7-4-8-19-16)12-5-2-1-3-6-12/h1-9,11H,10H2,(H,19,23,25)(H,20,21,26). The Bertz CT molecular complexity index is 1130. The smallest absolute Gasteiger partial charge is 0.261 e.